The van der Waals surface area contributed by atoms with Crippen molar-refractivity contribution < 1.29 is 9.21 Å². The highest BCUT2D eigenvalue weighted by molar-refractivity contribution is 14.0. The minimum atomic E-state index is -0.0408. The molecule has 0 saturated carbocycles. The minimum Gasteiger partial charge on any atom is -0.459 e. The summed E-state index contributed by atoms with van der Waals surface area (Å²) in [5.74, 6) is 1.29. The highest BCUT2D eigenvalue weighted by Gasteiger charge is 2.25. The Bertz CT molecular complexity index is 751. The van der Waals surface area contributed by atoms with Crippen molar-refractivity contribution in [3.8, 4) is 0 Å². The number of aliphatic imine (C=N–C) groups is 1. The lowest BCUT2D eigenvalue weighted by Crippen LogP contribution is -2.53. The van der Waals surface area contributed by atoms with E-state index < -0.39 is 0 Å². The number of nitrogens with one attached hydrogen (secondary N) is 1. The summed E-state index contributed by atoms with van der Waals surface area (Å²) in [5, 5.41) is 3.37. The lowest BCUT2D eigenvalue weighted by atomic mass is 10.1. The number of halogens is 1. The van der Waals surface area contributed by atoms with Crippen molar-refractivity contribution in [3.05, 3.63) is 59.5 Å². The first kappa shape index (κ1) is 22.3. The van der Waals surface area contributed by atoms with Crippen LogP contribution in [0.1, 0.15) is 28.6 Å². The Morgan fingerprint density at radius 1 is 1.11 bits per heavy atom. The van der Waals surface area contributed by atoms with Gasteiger partial charge in [-0.3, -0.25) is 9.79 Å². The van der Waals surface area contributed by atoms with Gasteiger partial charge in [0.15, 0.2) is 11.7 Å². The van der Waals surface area contributed by atoms with Crippen LogP contribution in [-0.2, 0) is 6.42 Å². The van der Waals surface area contributed by atoms with E-state index in [1.54, 1.807) is 12.1 Å². The second kappa shape index (κ2) is 11.1. The number of rotatable bonds is 5. The molecule has 152 valence electrons. The first-order valence-corrected chi connectivity index (χ1v) is 9.59. The zero-order chi connectivity index (χ0) is 19.1. The zero-order valence-corrected chi connectivity index (χ0v) is 18.9. The fourth-order valence-corrected chi connectivity index (χ4v) is 3.15. The maximum Gasteiger partial charge on any atom is 0.289 e. The summed E-state index contributed by atoms with van der Waals surface area (Å²) >= 11 is 0. The van der Waals surface area contributed by atoms with Crippen LogP contribution in [0.5, 0.6) is 0 Å². The Morgan fingerprint density at radius 2 is 1.79 bits per heavy atom. The number of aryl methyl sites for hydroxylation is 1. The normalized spacial score (nSPS) is 14.6. The van der Waals surface area contributed by atoms with Gasteiger partial charge < -0.3 is 19.5 Å². The second-order valence-electron chi connectivity index (χ2n) is 6.73. The van der Waals surface area contributed by atoms with E-state index in [-0.39, 0.29) is 29.9 Å². The average molecular weight is 496 g/mol. The molecule has 1 aliphatic heterocycles. The Hall–Kier alpha value is -2.03. The SMILES string of the molecule is CCNC(=NCCc1ccc(C)cc1)N1CCN(C(=O)c2ccco2)CC1.I. The van der Waals surface area contributed by atoms with Gasteiger partial charge in [0, 0.05) is 39.3 Å². The fourth-order valence-electron chi connectivity index (χ4n) is 3.15. The summed E-state index contributed by atoms with van der Waals surface area (Å²) < 4.78 is 5.22. The number of carbonyl (C=O) groups excluding carboxylic acids is 1. The minimum absolute atomic E-state index is 0. The van der Waals surface area contributed by atoms with Gasteiger partial charge >= 0.3 is 0 Å². The van der Waals surface area contributed by atoms with Crippen LogP contribution >= 0.6 is 24.0 Å². The van der Waals surface area contributed by atoms with Crippen molar-refractivity contribution >= 4 is 35.8 Å². The predicted octanol–water partition coefficient (Wildman–Crippen LogP) is 3.17. The smallest absolute Gasteiger partial charge is 0.289 e. The molecule has 0 bridgehead atoms. The number of hydrogen-bond donors (Lipinski definition) is 1. The number of nitrogens with zero attached hydrogens (tertiary/aromatic N) is 3. The molecule has 0 radical (unpaired) electrons. The van der Waals surface area contributed by atoms with Gasteiger partial charge in [-0.15, -0.1) is 24.0 Å². The van der Waals surface area contributed by atoms with E-state index in [1.165, 1.54) is 17.4 Å². The van der Waals surface area contributed by atoms with Gasteiger partial charge in [0.05, 0.1) is 6.26 Å². The molecule has 3 rings (SSSR count). The number of guanidine groups is 1. The summed E-state index contributed by atoms with van der Waals surface area (Å²) in [6, 6.07) is 12.1. The summed E-state index contributed by atoms with van der Waals surface area (Å²) in [6.07, 6.45) is 2.46. The second-order valence-corrected chi connectivity index (χ2v) is 6.73. The third-order valence-electron chi connectivity index (χ3n) is 4.72. The molecular formula is C21H29IN4O2. The Balaban J connectivity index is 0.00000280. The molecule has 1 aromatic heterocycles. The Kier molecular flexibility index (Phi) is 8.82. The van der Waals surface area contributed by atoms with Crippen molar-refractivity contribution in [2.24, 2.45) is 4.99 Å². The van der Waals surface area contributed by atoms with Crippen LogP contribution in [0.2, 0.25) is 0 Å². The number of hydrogen-bond acceptors (Lipinski definition) is 3. The molecule has 0 unspecified atom stereocenters. The summed E-state index contributed by atoms with van der Waals surface area (Å²) in [5.41, 5.74) is 2.58. The molecule has 0 atom stereocenters. The Labute approximate surface area is 184 Å². The van der Waals surface area contributed by atoms with Crippen molar-refractivity contribution in [1.82, 2.24) is 15.1 Å². The van der Waals surface area contributed by atoms with E-state index in [2.05, 4.69) is 48.3 Å². The van der Waals surface area contributed by atoms with Crippen molar-refractivity contribution in [2.75, 3.05) is 39.3 Å². The molecule has 0 spiro atoms. The molecular weight excluding hydrogens is 467 g/mol. The number of carbonyl (C=O) groups is 1. The van der Waals surface area contributed by atoms with E-state index in [1.807, 2.05) is 4.90 Å². The summed E-state index contributed by atoms with van der Waals surface area (Å²) in [6.45, 7) is 8.62. The van der Waals surface area contributed by atoms with Crippen LogP contribution in [0.3, 0.4) is 0 Å². The first-order valence-electron chi connectivity index (χ1n) is 9.59. The predicted molar refractivity (Wildman–Crippen MR) is 122 cm³/mol. The van der Waals surface area contributed by atoms with Crippen LogP contribution in [0, 0.1) is 6.92 Å². The standard InChI is InChI=1S/C21H28N4O2.HI/c1-3-22-21(23-11-10-18-8-6-17(2)7-9-18)25-14-12-24(13-15-25)20(26)19-5-4-16-27-19;/h4-9,16H,3,10-15H2,1-2H3,(H,22,23);1H. The van der Waals surface area contributed by atoms with Crippen LogP contribution in [0.4, 0.5) is 0 Å². The lowest BCUT2D eigenvalue weighted by molar-refractivity contribution is 0.0657. The molecule has 6 nitrogen and oxygen atoms in total. The molecule has 1 fully saturated rings. The van der Waals surface area contributed by atoms with Crippen LogP contribution < -0.4 is 5.32 Å². The molecule has 1 amide bonds. The third kappa shape index (κ3) is 5.98. The van der Waals surface area contributed by atoms with Crippen molar-refractivity contribution in [2.45, 2.75) is 20.3 Å². The number of amides is 1. The number of furan rings is 1. The van der Waals surface area contributed by atoms with Crippen LogP contribution in [-0.4, -0.2) is 60.9 Å². The highest BCUT2D eigenvalue weighted by Crippen LogP contribution is 2.10. The molecule has 1 aromatic carbocycles. The van der Waals surface area contributed by atoms with Gasteiger partial charge in [-0.05, 0) is 38.0 Å². The third-order valence-corrected chi connectivity index (χ3v) is 4.72. The average Bonchev–Trinajstić information content (AvgIpc) is 3.23. The van der Waals surface area contributed by atoms with Gasteiger partial charge in [-0.2, -0.15) is 0 Å². The van der Waals surface area contributed by atoms with Crippen LogP contribution in [0.15, 0.2) is 52.1 Å². The maximum atomic E-state index is 12.4. The van der Waals surface area contributed by atoms with E-state index in [9.17, 15) is 4.79 Å². The maximum absolute atomic E-state index is 12.4. The quantitative estimate of drug-likeness (QED) is 0.393. The lowest BCUT2D eigenvalue weighted by Gasteiger charge is -2.36. The monoisotopic (exact) mass is 496 g/mol. The van der Waals surface area contributed by atoms with Crippen LogP contribution in [0.25, 0.3) is 0 Å². The molecule has 0 aliphatic carbocycles. The van der Waals surface area contributed by atoms with E-state index in [0.29, 0.717) is 18.8 Å². The molecule has 28 heavy (non-hydrogen) atoms. The van der Waals surface area contributed by atoms with E-state index in [0.717, 1.165) is 38.6 Å². The highest BCUT2D eigenvalue weighted by atomic mass is 127. The zero-order valence-electron chi connectivity index (χ0n) is 16.6. The summed E-state index contributed by atoms with van der Waals surface area (Å²) in [7, 11) is 0. The molecule has 1 saturated heterocycles. The topological polar surface area (TPSA) is 61.1 Å². The molecule has 7 heteroatoms. The largest absolute Gasteiger partial charge is 0.459 e. The van der Waals surface area contributed by atoms with Crippen molar-refractivity contribution in [1.29, 1.82) is 0 Å². The fraction of sp³-hybridized carbons (Fsp3) is 0.429. The van der Waals surface area contributed by atoms with E-state index in [4.69, 9.17) is 9.41 Å². The molecule has 2 aromatic rings. The summed E-state index contributed by atoms with van der Waals surface area (Å²) in [4.78, 5) is 21.2. The van der Waals surface area contributed by atoms with Gasteiger partial charge in [0.1, 0.15) is 0 Å². The van der Waals surface area contributed by atoms with Gasteiger partial charge in [0.25, 0.3) is 5.91 Å². The number of benzene rings is 1. The van der Waals surface area contributed by atoms with Crippen molar-refractivity contribution in [3.63, 3.8) is 0 Å². The Morgan fingerprint density at radius 3 is 2.39 bits per heavy atom. The van der Waals surface area contributed by atoms with Gasteiger partial charge in [-0.1, -0.05) is 29.8 Å². The van der Waals surface area contributed by atoms with Gasteiger partial charge in [0.2, 0.25) is 0 Å². The molecule has 1 aliphatic rings. The number of piperazine rings is 1. The van der Waals surface area contributed by atoms with Gasteiger partial charge in [-0.25, -0.2) is 0 Å². The molecule has 2 heterocycles. The first-order chi connectivity index (χ1) is 13.2. The molecule has 1 N–H and O–H groups in total. The van der Waals surface area contributed by atoms with E-state index >= 15 is 0 Å².